The van der Waals surface area contributed by atoms with Gasteiger partial charge in [0.1, 0.15) is 41.3 Å². The number of ether oxygens (including phenoxy) is 2. The summed E-state index contributed by atoms with van der Waals surface area (Å²) >= 11 is 0. The second kappa shape index (κ2) is 7.43. The van der Waals surface area contributed by atoms with E-state index in [1.54, 1.807) is 12.1 Å². The Kier molecular flexibility index (Phi) is 4.80. The Morgan fingerprint density at radius 3 is 2.83 bits per heavy atom. The van der Waals surface area contributed by atoms with Gasteiger partial charge in [-0.2, -0.15) is 5.26 Å². The van der Waals surface area contributed by atoms with Crippen molar-refractivity contribution in [1.82, 2.24) is 0 Å². The predicted octanol–water partition coefficient (Wildman–Crippen LogP) is 3.95. The molecule has 1 aliphatic carbocycles. The number of hydrogen-bond acceptors (Lipinski definition) is 6. The van der Waals surface area contributed by atoms with Gasteiger partial charge in [0.2, 0.25) is 5.88 Å². The van der Waals surface area contributed by atoms with Crippen LogP contribution in [0.25, 0.3) is 0 Å². The molecular weight excluding hydrogens is 382 g/mol. The Morgan fingerprint density at radius 1 is 1.24 bits per heavy atom. The molecule has 1 aliphatic heterocycles. The van der Waals surface area contributed by atoms with E-state index in [1.807, 2.05) is 6.07 Å². The summed E-state index contributed by atoms with van der Waals surface area (Å²) in [5.74, 6) is -1.42. The van der Waals surface area contributed by atoms with Crippen LogP contribution in [0.3, 0.4) is 0 Å². The first-order valence-corrected chi connectivity index (χ1v) is 8.98. The summed E-state index contributed by atoms with van der Waals surface area (Å²) in [7, 11) is 0. The number of allylic oxidation sites excluding steroid dienone is 3. The molecule has 2 aliphatic rings. The van der Waals surface area contributed by atoms with Crippen molar-refractivity contribution >= 4 is 5.78 Å². The number of furan rings is 1. The Bertz CT molecular complexity index is 1090. The van der Waals surface area contributed by atoms with E-state index in [2.05, 4.69) is 0 Å². The number of ketones is 1. The lowest BCUT2D eigenvalue weighted by Gasteiger charge is -2.29. The third-order valence-electron chi connectivity index (χ3n) is 4.84. The van der Waals surface area contributed by atoms with Crippen molar-refractivity contribution in [1.29, 1.82) is 5.26 Å². The number of nitriles is 1. The molecule has 8 heteroatoms. The van der Waals surface area contributed by atoms with Crippen molar-refractivity contribution in [2.45, 2.75) is 31.8 Å². The SMILES string of the molecule is N#CC1=C(N)OC2=C(C(=O)CCC2)[C@@H]1c1ccc(COc2ccc(F)cc2F)o1. The van der Waals surface area contributed by atoms with Gasteiger partial charge in [-0.1, -0.05) is 0 Å². The van der Waals surface area contributed by atoms with E-state index < -0.39 is 17.6 Å². The molecule has 2 heterocycles. The highest BCUT2D eigenvalue weighted by molar-refractivity contribution is 5.99. The molecule has 0 radical (unpaired) electrons. The zero-order valence-electron chi connectivity index (χ0n) is 15.2. The molecule has 2 aromatic rings. The van der Waals surface area contributed by atoms with E-state index in [9.17, 15) is 18.8 Å². The molecule has 6 nitrogen and oxygen atoms in total. The van der Waals surface area contributed by atoms with Crippen LogP contribution in [0.2, 0.25) is 0 Å². The number of Topliss-reactive ketones (excluding diaryl/α,β-unsaturated/α-hetero) is 1. The summed E-state index contributed by atoms with van der Waals surface area (Å²) < 4.78 is 43.3. The van der Waals surface area contributed by atoms with Crippen LogP contribution in [-0.4, -0.2) is 5.78 Å². The van der Waals surface area contributed by atoms with Gasteiger partial charge in [-0.25, -0.2) is 8.78 Å². The molecule has 0 amide bonds. The maximum atomic E-state index is 13.7. The first-order chi connectivity index (χ1) is 14.0. The van der Waals surface area contributed by atoms with Gasteiger partial charge in [0.15, 0.2) is 17.3 Å². The monoisotopic (exact) mass is 398 g/mol. The van der Waals surface area contributed by atoms with E-state index in [4.69, 9.17) is 19.6 Å². The molecule has 0 fully saturated rings. The van der Waals surface area contributed by atoms with Crippen molar-refractivity contribution in [2.24, 2.45) is 5.73 Å². The standard InChI is InChI=1S/C21H16F2N2O4/c22-11-4-6-16(14(23)8-11)27-10-12-5-7-18(28-12)19-13(9-24)21(25)29-17-3-1-2-15(26)20(17)19/h4-8,19H,1-3,10,25H2/t19-/m0/s1. The minimum atomic E-state index is -0.828. The fourth-order valence-corrected chi connectivity index (χ4v) is 3.51. The van der Waals surface area contributed by atoms with Gasteiger partial charge >= 0.3 is 0 Å². The van der Waals surface area contributed by atoms with Gasteiger partial charge in [-0.15, -0.1) is 0 Å². The van der Waals surface area contributed by atoms with Gasteiger partial charge < -0.3 is 19.6 Å². The quantitative estimate of drug-likeness (QED) is 0.837. The van der Waals surface area contributed by atoms with Crippen LogP contribution in [0.15, 0.2) is 57.5 Å². The van der Waals surface area contributed by atoms with E-state index in [0.29, 0.717) is 42.1 Å². The molecular formula is C21H16F2N2O4. The van der Waals surface area contributed by atoms with E-state index in [1.165, 1.54) is 6.07 Å². The summed E-state index contributed by atoms with van der Waals surface area (Å²) in [6, 6.07) is 8.21. The minimum Gasteiger partial charge on any atom is -0.483 e. The molecule has 0 saturated heterocycles. The Hall–Kier alpha value is -3.60. The normalized spacial score (nSPS) is 18.9. The third-order valence-corrected chi connectivity index (χ3v) is 4.84. The van der Waals surface area contributed by atoms with Crippen LogP contribution < -0.4 is 10.5 Å². The molecule has 0 bridgehead atoms. The largest absolute Gasteiger partial charge is 0.483 e. The highest BCUT2D eigenvalue weighted by atomic mass is 19.1. The van der Waals surface area contributed by atoms with Crippen molar-refractivity contribution in [2.75, 3.05) is 0 Å². The predicted molar refractivity (Wildman–Crippen MR) is 95.9 cm³/mol. The summed E-state index contributed by atoms with van der Waals surface area (Å²) in [5.41, 5.74) is 6.38. The lowest BCUT2D eigenvalue weighted by atomic mass is 9.80. The number of benzene rings is 1. The van der Waals surface area contributed by atoms with E-state index in [0.717, 1.165) is 12.1 Å². The van der Waals surface area contributed by atoms with Crippen LogP contribution in [0.4, 0.5) is 8.78 Å². The first-order valence-electron chi connectivity index (χ1n) is 8.98. The summed E-state index contributed by atoms with van der Waals surface area (Å²) in [6.45, 7) is -0.118. The molecule has 4 rings (SSSR count). The summed E-state index contributed by atoms with van der Waals surface area (Å²) in [5, 5.41) is 9.54. The molecule has 29 heavy (non-hydrogen) atoms. The number of nitrogens with two attached hydrogens (primary N) is 1. The highest BCUT2D eigenvalue weighted by Crippen LogP contribution is 2.43. The molecule has 2 N–H and O–H groups in total. The van der Waals surface area contributed by atoms with Crippen molar-refractivity contribution in [3.05, 3.63) is 76.3 Å². The molecule has 0 spiro atoms. The van der Waals surface area contributed by atoms with Gasteiger partial charge in [-0.05, 0) is 30.7 Å². The second-order valence-corrected chi connectivity index (χ2v) is 6.71. The van der Waals surface area contributed by atoms with Crippen LogP contribution in [0.5, 0.6) is 5.75 Å². The number of carbonyl (C=O) groups excluding carboxylic acids is 1. The third kappa shape index (κ3) is 3.47. The Morgan fingerprint density at radius 2 is 2.07 bits per heavy atom. The van der Waals surface area contributed by atoms with Gasteiger partial charge in [0, 0.05) is 24.5 Å². The number of carbonyl (C=O) groups is 1. The average Bonchev–Trinajstić information content (AvgIpc) is 3.15. The number of rotatable bonds is 4. The Balaban J connectivity index is 1.61. The van der Waals surface area contributed by atoms with Crippen LogP contribution >= 0.6 is 0 Å². The average molecular weight is 398 g/mol. The fourth-order valence-electron chi connectivity index (χ4n) is 3.51. The summed E-state index contributed by atoms with van der Waals surface area (Å²) in [6.07, 6.45) is 1.56. The second-order valence-electron chi connectivity index (χ2n) is 6.71. The molecule has 148 valence electrons. The molecule has 1 aromatic carbocycles. The van der Waals surface area contributed by atoms with Crippen molar-refractivity contribution < 1.29 is 27.5 Å². The van der Waals surface area contributed by atoms with Crippen LogP contribution in [-0.2, 0) is 16.1 Å². The van der Waals surface area contributed by atoms with Crippen LogP contribution in [0.1, 0.15) is 36.7 Å². The number of hydrogen-bond donors (Lipinski definition) is 1. The molecule has 1 atom stereocenters. The fraction of sp³-hybridized carbons (Fsp3) is 0.238. The number of nitrogens with zero attached hydrogens (tertiary/aromatic N) is 1. The van der Waals surface area contributed by atoms with Gasteiger partial charge in [0.05, 0.1) is 5.92 Å². The molecule has 0 unspecified atom stereocenters. The molecule has 0 saturated carbocycles. The maximum Gasteiger partial charge on any atom is 0.205 e. The number of halogens is 2. The lowest BCUT2D eigenvalue weighted by Crippen LogP contribution is -2.27. The highest BCUT2D eigenvalue weighted by Gasteiger charge is 2.39. The molecule has 1 aromatic heterocycles. The topological polar surface area (TPSA) is 98.5 Å². The van der Waals surface area contributed by atoms with Gasteiger partial charge in [-0.3, -0.25) is 4.79 Å². The van der Waals surface area contributed by atoms with Gasteiger partial charge in [0.25, 0.3) is 0 Å². The van der Waals surface area contributed by atoms with Crippen LogP contribution in [0, 0.1) is 23.0 Å². The minimum absolute atomic E-state index is 0.0477. The zero-order chi connectivity index (χ0) is 20.5. The lowest BCUT2D eigenvalue weighted by molar-refractivity contribution is -0.116. The van der Waals surface area contributed by atoms with Crippen molar-refractivity contribution in [3.8, 4) is 11.8 Å². The summed E-state index contributed by atoms with van der Waals surface area (Å²) in [4.78, 5) is 12.5. The van der Waals surface area contributed by atoms with Crippen molar-refractivity contribution in [3.63, 3.8) is 0 Å². The Labute approximate surface area is 164 Å². The zero-order valence-corrected chi connectivity index (χ0v) is 15.2. The first kappa shape index (κ1) is 18.7. The van der Waals surface area contributed by atoms with E-state index >= 15 is 0 Å². The van der Waals surface area contributed by atoms with E-state index in [-0.39, 0.29) is 29.6 Å². The smallest absolute Gasteiger partial charge is 0.205 e. The maximum absolute atomic E-state index is 13.7.